The lowest BCUT2D eigenvalue weighted by Gasteiger charge is -2.35. The smallest absolute Gasteiger partial charge is 0.252 e. The van der Waals surface area contributed by atoms with Crippen molar-refractivity contribution in [2.24, 2.45) is 4.99 Å². The minimum atomic E-state index is -0.129. The van der Waals surface area contributed by atoms with E-state index < -0.39 is 0 Å². The van der Waals surface area contributed by atoms with E-state index in [4.69, 9.17) is 4.74 Å². The molecule has 0 radical (unpaired) electrons. The summed E-state index contributed by atoms with van der Waals surface area (Å²) < 4.78 is 5.99. The number of carbonyl (C=O) groups is 1. The lowest BCUT2D eigenvalue weighted by molar-refractivity contribution is -0.00829. The van der Waals surface area contributed by atoms with Gasteiger partial charge < -0.3 is 20.3 Å². The summed E-state index contributed by atoms with van der Waals surface area (Å²) in [6.07, 6.45) is 3.23. The van der Waals surface area contributed by atoms with Gasteiger partial charge in [0.15, 0.2) is 5.96 Å². The molecule has 2 heterocycles. The molecule has 7 nitrogen and oxygen atoms in total. The third-order valence-electron chi connectivity index (χ3n) is 4.73. The highest BCUT2D eigenvalue weighted by atomic mass is 127. The number of guanidine groups is 1. The molecular weight excluding hydrogens is 481 g/mol. The van der Waals surface area contributed by atoms with E-state index in [0.717, 1.165) is 19.0 Å². The molecule has 1 aliphatic rings. The summed E-state index contributed by atoms with van der Waals surface area (Å²) in [5.74, 6) is 0.688. The highest BCUT2D eigenvalue weighted by Crippen LogP contribution is 2.24. The summed E-state index contributed by atoms with van der Waals surface area (Å²) in [4.78, 5) is 22.6. The van der Waals surface area contributed by atoms with Crippen LogP contribution in [0.1, 0.15) is 27.6 Å². The van der Waals surface area contributed by atoms with E-state index >= 15 is 0 Å². The van der Waals surface area contributed by atoms with Crippen LogP contribution >= 0.6 is 24.0 Å². The number of aliphatic imine (C=N–C) groups is 1. The number of hydrogen-bond donors (Lipinski definition) is 2. The summed E-state index contributed by atoms with van der Waals surface area (Å²) in [6.45, 7) is 5.37. The summed E-state index contributed by atoms with van der Waals surface area (Å²) >= 11 is 0. The number of amides is 1. The zero-order chi connectivity index (χ0) is 19.8. The molecule has 1 atom stereocenters. The van der Waals surface area contributed by atoms with Crippen molar-refractivity contribution in [3.8, 4) is 0 Å². The standard InChI is InChI=1S/C21H27N5O2.HI/c1-16-6-3-4-8-18(16)19-15-26(12-13-28-19)21(22-2)25-11-10-24-20(27)17-7-5-9-23-14-17;/h3-9,14,19H,10-13,15H2,1-2H3,(H,22,25)(H,24,27);1H. The van der Waals surface area contributed by atoms with Crippen LogP contribution in [0.4, 0.5) is 0 Å². The van der Waals surface area contributed by atoms with Gasteiger partial charge in [0.05, 0.1) is 18.7 Å². The summed E-state index contributed by atoms with van der Waals surface area (Å²) in [7, 11) is 1.77. The normalized spacial score (nSPS) is 16.7. The zero-order valence-corrected chi connectivity index (χ0v) is 19.1. The van der Waals surface area contributed by atoms with Crippen molar-refractivity contribution in [3.05, 3.63) is 65.5 Å². The van der Waals surface area contributed by atoms with E-state index in [1.54, 1.807) is 31.6 Å². The number of pyridine rings is 1. The molecule has 8 heteroatoms. The third-order valence-corrected chi connectivity index (χ3v) is 4.73. The predicted molar refractivity (Wildman–Crippen MR) is 125 cm³/mol. The van der Waals surface area contributed by atoms with Crippen molar-refractivity contribution in [2.45, 2.75) is 13.0 Å². The van der Waals surface area contributed by atoms with E-state index in [1.807, 2.05) is 12.1 Å². The molecule has 0 saturated carbocycles. The van der Waals surface area contributed by atoms with Crippen molar-refractivity contribution < 1.29 is 9.53 Å². The highest BCUT2D eigenvalue weighted by molar-refractivity contribution is 14.0. The molecule has 1 aromatic carbocycles. The number of ether oxygens (including phenoxy) is 1. The van der Waals surface area contributed by atoms with Crippen LogP contribution < -0.4 is 10.6 Å². The number of aromatic nitrogens is 1. The van der Waals surface area contributed by atoms with Gasteiger partial charge in [0.2, 0.25) is 0 Å². The number of hydrogen-bond acceptors (Lipinski definition) is 4. The summed E-state index contributed by atoms with van der Waals surface area (Å²) in [5.41, 5.74) is 3.00. The Morgan fingerprint density at radius 1 is 1.24 bits per heavy atom. The Balaban J connectivity index is 0.00000300. The van der Waals surface area contributed by atoms with E-state index in [1.165, 1.54) is 11.1 Å². The first-order chi connectivity index (χ1) is 13.7. The Morgan fingerprint density at radius 2 is 2.03 bits per heavy atom. The number of morpholine rings is 1. The van der Waals surface area contributed by atoms with Crippen LogP contribution in [0.3, 0.4) is 0 Å². The minimum Gasteiger partial charge on any atom is -0.370 e. The Labute approximate surface area is 189 Å². The van der Waals surface area contributed by atoms with Crippen LogP contribution in [-0.2, 0) is 4.74 Å². The average molecular weight is 509 g/mol. The molecule has 29 heavy (non-hydrogen) atoms. The molecule has 2 aromatic rings. The number of nitrogens with one attached hydrogen (secondary N) is 2. The maximum absolute atomic E-state index is 12.1. The van der Waals surface area contributed by atoms with Gasteiger partial charge in [-0.25, -0.2) is 0 Å². The minimum absolute atomic E-state index is 0. The molecule has 2 N–H and O–H groups in total. The van der Waals surface area contributed by atoms with Gasteiger partial charge >= 0.3 is 0 Å². The lowest BCUT2D eigenvalue weighted by Crippen LogP contribution is -2.49. The van der Waals surface area contributed by atoms with Crippen LogP contribution in [0.25, 0.3) is 0 Å². The second-order valence-electron chi connectivity index (χ2n) is 6.63. The van der Waals surface area contributed by atoms with Gasteiger partial charge in [-0.3, -0.25) is 14.8 Å². The fourth-order valence-corrected chi connectivity index (χ4v) is 3.26. The number of benzene rings is 1. The van der Waals surface area contributed by atoms with Crippen LogP contribution in [-0.4, -0.2) is 61.6 Å². The van der Waals surface area contributed by atoms with Gasteiger partial charge in [-0.1, -0.05) is 24.3 Å². The maximum Gasteiger partial charge on any atom is 0.252 e. The van der Waals surface area contributed by atoms with Crippen LogP contribution in [0.2, 0.25) is 0 Å². The summed E-state index contributed by atoms with van der Waals surface area (Å²) in [6, 6.07) is 11.8. The Hall–Kier alpha value is -2.20. The van der Waals surface area contributed by atoms with Gasteiger partial charge in [0.1, 0.15) is 6.10 Å². The molecule has 1 saturated heterocycles. The number of nitrogens with zero attached hydrogens (tertiary/aromatic N) is 3. The Kier molecular flexibility index (Phi) is 9.33. The van der Waals surface area contributed by atoms with E-state index in [-0.39, 0.29) is 36.0 Å². The molecule has 1 fully saturated rings. The van der Waals surface area contributed by atoms with Crippen molar-refractivity contribution >= 4 is 35.8 Å². The average Bonchev–Trinajstić information content (AvgIpc) is 2.74. The van der Waals surface area contributed by atoms with E-state index in [2.05, 4.69) is 44.6 Å². The number of rotatable bonds is 5. The van der Waals surface area contributed by atoms with Gasteiger partial charge in [-0.05, 0) is 30.2 Å². The third kappa shape index (κ3) is 6.40. The SMILES string of the molecule is CN=C(NCCNC(=O)c1cccnc1)N1CCOC(c2ccccc2C)C1.I. The molecule has 0 aliphatic carbocycles. The largest absolute Gasteiger partial charge is 0.370 e. The van der Waals surface area contributed by atoms with E-state index in [9.17, 15) is 4.79 Å². The van der Waals surface area contributed by atoms with Gasteiger partial charge in [0, 0.05) is 39.1 Å². The molecule has 3 rings (SSSR count). The monoisotopic (exact) mass is 509 g/mol. The fourth-order valence-electron chi connectivity index (χ4n) is 3.26. The van der Waals surface area contributed by atoms with Crippen molar-refractivity contribution in [3.63, 3.8) is 0 Å². The summed E-state index contributed by atoms with van der Waals surface area (Å²) in [5, 5.41) is 6.21. The molecule has 1 unspecified atom stereocenters. The van der Waals surface area contributed by atoms with Crippen molar-refractivity contribution in [1.29, 1.82) is 0 Å². The molecule has 1 aromatic heterocycles. The zero-order valence-electron chi connectivity index (χ0n) is 16.8. The first-order valence-corrected chi connectivity index (χ1v) is 9.50. The van der Waals surface area contributed by atoms with Gasteiger partial charge in [-0.15, -0.1) is 24.0 Å². The van der Waals surface area contributed by atoms with Gasteiger partial charge in [0.25, 0.3) is 5.91 Å². The molecule has 156 valence electrons. The van der Waals surface area contributed by atoms with E-state index in [0.29, 0.717) is 25.3 Å². The number of carbonyl (C=O) groups excluding carboxylic acids is 1. The van der Waals surface area contributed by atoms with Crippen LogP contribution in [0.15, 0.2) is 53.8 Å². The second-order valence-corrected chi connectivity index (χ2v) is 6.63. The fraction of sp³-hybridized carbons (Fsp3) is 0.381. The number of aryl methyl sites for hydroxylation is 1. The maximum atomic E-state index is 12.1. The quantitative estimate of drug-likeness (QED) is 0.280. The first kappa shape index (κ1) is 23.1. The highest BCUT2D eigenvalue weighted by Gasteiger charge is 2.25. The Morgan fingerprint density at radius 3 is 2.76 bits per heavy atom. The topological polar surface area (TPSA) is 78.8 Å². The second kappa shape index (κ2) is 11.7. The van der Waals surface area contributed by atoms with Crippen molar-refractivity contribution in [2.75, 3.05) is 39.8 Å². The van der Waals surface area contributed by atoms with Crippen LogP contribution in [0, 0.1) is 6.92 Å². The predicted octanol–water partition coefficient (Wildman–Crippen LogP) is 2.39. The molecule has 1 aliphatic heterocycles. The van der Waals surface area contributed by atoms with Gasteiger partial charge in [-0.2, -0.15) is 0 Å². The number of halogens is 1. The Bertz CT molecular complexity index is 816. The molecule has 1 amide bonds. The van der Waals surface area contributed by atoms with Crippen LogP contribution in [0.5, 0.6) is 0 Å². The lowest BCUT2D eigenvalue weighted by atomic mass is 10.0. The molecular formula is C21H28IN5O2. The van der Waals surface area contributed by atoms with Crippen molar-refractivity contribution in [1.82, 2.24) is 20.5 Å². The molecule has 0 bridgehead atoms. The first-order valence-electron chi connectivity index (χ1n) is 9.50. The molecule has 0 spiro atoms.